The summed E-state index contributed by atoms with van der Waals surface area (Å²) in [6, 6.07) is 11.6. The summed E-state index contributed by atoms with van der Waals surface area (Å²) in [7, 11) is 0. The molecule has 0 saturated carbocycles. The number of H-pyrrole nitrogens is 1. The molecule has 0 spiro atoms. The van der Waals surface area contributed by atoms with Crippen LogP contribution in [0.2, 0.25) is 0 Å². The number of hydrogen-bond donors (Lipinski definition) is 2. The molecule has 0 fully saturated rings. The number of fused-ring (bicyclic) bond motifs is 2. The molecule has 4 rings (SSSR count). The van der Waals surface area contributed by atoms with Crippen LogP contribution in [0.3, 0.4) is 0 Å². The van der Waals surface area contributed by atoms with E-state index in [1.165, 1.54) is 5.56 Å². The van der Waals surface area contributed by atoms with E-state index in [4.69, 9.17) is 0 Å². The number of rotatable bonds is 5. The van der Waals surface area contributed by atoms with Crippen LogP contribution in [0.1, 0.15) is 34.6 Å². The third kappa shape index (κ3) is 3.90. The summed E-state index contributed by atoms with van der Waals surface area (Å²) in [5.41, 5.74) is 5.49. The quantitative estimate of drug-likeness (QED) is 0.385. The first-order valence-electron chi connectivity index (χ1n) is 8.40. The Bertz CT molecular complexity index is 994. The molecule has 2 aromatic carbocycles. The van der Waals surface area contributed by atoms with Gasteiger partial charge in [-0.15, -0.1) is 0 Å². The number of carboxylic acids is 1. The Balaban J connectivity index is 0.00000140. The fourth-order valence-electron chi connectivity index (χ4n) is 3.55. The van der Waals surface area contributed by atoms with Crippen LogP contribution in [0.15, 0.2) is 36.4 Å². The van der Waals surface area contributed by atoms with Crippen molar-refractivity contribution in [3.63, 3.8) is 0 Å². The minimum atomic E-state index is -0.865. The molecule has 7 nitrogen and oxygen atoms in total. The third-order valence-electron chi connectivity index (χ3n) is 4.90. The second-order valence-electron chi connectivity index (χ2n) is 6.51. The van der Waals surface area contributed by atoms with Crippen molar-refractivity contribution in [3.05, 3.63) is 58.7 Å². The fourth-order valence-corrected chi connectivity index (χ4v) is 3.55. The van der Waals surface area contributed by atoms with Crippen molar-refractivity contribution in [2.45, 2.75) is 25.3 Å². The van der Waals surface area contributed by atoms with E-state index >= 15 is 0 Å². The smallest absolute Gasteiger partial charge is 0.304 e. The molecular formula is C19H17N4O3ReRf-. The summed E-state index contributed by atoms with van der Waals surface area (Å²) in [6.45, 7) is 1.17. The number of amides is 1. The molecule has 0 bridgehead atoms. The molecule has 9 heteroatoms. The zero-order chi connectivity index (χ0) is 18.1. The Labute approximate surface area is 169 Å². The van der Waals surface area contributed by atoms with Crippen molar-refractivity contribution in [3.8, 4) is 0 Å². The molecule has 1 radical (unpaired) electrons. The van der Waals surface area contributed by atoms with Gasteiger partial charge in [0.15, 0.2) is 0 Å². The van der Waals surface area contributed by atoms with Gasteiger partial charge in [0.2, 0.25) is 0 Å². The van der Waals surface area contributed by atoms with Crippen LogP contribution in [-0.4, -0.2) is 44.3 Å². The maximum absolute atomic E-state index is 11.5. The number of benzene rings is 2. The van der Waals surface area contributed by atoms with Crippen LogP contribution >= 0.6 is 0 Å². The largest absolute Gasteiger partial charge is 0.520 e. The number of nitrogens with zero attached hydrogens (tertiary/aromatic N) is 3. The van der Waals surface area contributed by atoms with Crippen molar-refractivity contribution in [1.82, 2.24) is 20.3 Å². The van der Waals surface area contributed by atoms with Gasteiger partial charge in [-0.2, -0.15) is 21.8 Å². The number of carbonyl (C=O) groups is 1. The van der Waals surface area contributed by atoms with E-state index in [0.29, 0.717) is 18.6 Å². The number of hydrogen-bond acceptors (Lipinski definition) is 4. The molecule has 1 atom stereocenters. The molecular weight excluding hydrogens is 785 g/mol. The van der Waals surface area contributed by atoms with E-state index < -0.39 is 5.97 Å². The van der Waals surface area contributed by atoms with Crippen molar-refractivity contribution in [1.29, 1.82) is 0 Å². The van der Waals surface area contributed by atoms with E-state index in [0.717, 1.165) is 28.6 Å². The molecule has 1 amide bonds. The maximum Gasteiger partial charge on any atom is 0.304 e. The van der Waals surface area contributed by atoms with Gasteiger partial charge >= 0.3 is 5.97 Å². The minimum Gasteiger partial charge on any atom is -0.520 e. The molecule has 2 heterocycles. The number of nitrogens with one attached hydrogen (secondary N) is 1. The van der Waals surface area contributed by atoms with Crippen LogP contribution in [0.5, 0.6) is 0 Å². The first-order valence-corrected chi connectivity index (χ1v) is 8.40. The van der Waals surface area contributed by atoms with E-state index in [1.54, 1.807) is 4.90 Å². The van der Waals surface area contributed by atoms with Crippen LogP contribution in [0.4, 0.5) is 0 Å². The molecule has 0 saturated heterocycles. The molecule has 141 valence electrons. The summed E-state index contributed by atoms with van der Waals surface area (Å²) >= 11 is 0. The Morgan fingerprint density at radius 2 is 1.86 bits per heavy atom. The molecule has 2 N–H and O–H groups in total. The summed E-state index contributed by atoms with van der Waals surface area (Å²) in [5, 5.41) is 20.1. The predicted molar refractivity (Wildman–Crippen MR) is 94.2 cm³/mol. The molecule has 1 aromatic heterocycles. The fraction of sp³-hybridized carbons (Fsp3) is 0.263. The topological polar surface area (TPSA) is 99.2 Å². The normalized spacial score (nSPS) is 13.8. The molecule has 0 aliphatic carbocycles. The second kappa shape index (κ2) is 8.42. The van der Waals surface area contributed by atoms with Gasteiger partial charge in [-0.25, -0.2) is 0 Å². The Morgan fingerprint density at radius 1 is 1.14 bits per heavy atom. The SMILES string of the molecule is O=[C-]N1CCc2ccc(C(CC(=O)O)c3ccc4n[nH]nc4c3)cc2C1.[Re].[Rf]. The Morgan fingerprint density at radius 3 is 2.61 bits per heavy atom. The maximum atomic E-state index is 11.5. The molecule has 3 aromatic rings. The van der Waals surface area contributed by atoms with Gasteiger partial charge in [-0.1, -0.05) is 24.3 Å². The van der Waals surface area contributed by atoms with Crippen LogP contribution in [0.25, 0.3) is 11.0 Å². The van der Waals surface area contributed by atoms with Gasteiger partial charge in [0.05, 0.1) is 6.42 Å². The number of aliphatic carboxylic acids is 1. The van der Waals surface area contributed by atoms with Crippen LogP contribution < -0.4 is 0 Å². The summed E-state index contributed by atoms with van der Waals surface area (Å²) in [6.07, 6.45) is 2.71. The number of carboxylic acid groups (broad SMARTS) is 1. The summed E-state index contributed by atoms with van der Waals surface area (Å²) < 4.78 is 0. The average Bonchev–Trinajstić information content (AvgIpc) is 3.12. The van der Waals surface area contributed by atoms with Crippen molar-refractivity contribution in [2.75, 3.05) is 6.54 Å². The van der Waals surface area contributed by atoms with Crippen molar-refractivity contribution in [2.24, 2.45) is 0 Å². The van der Waals surface area contributed by atoms with Gasteiger partial charge < -0.3 is 14.8 Å². The summed E-state index contributed by atoms with van der Waals surface area (Å²) in [5.74, 6) is -1.16. The molecule has 1 aliphatic rings. The van der Waals surface area contributed by atoms with Gasteiger partial charge in [-0.05, 0) is 47.4 Å². The number of aromatic nitrogens is 3. The second-order valence-corrected chi connectivity index (χ2v) is 6.51. The summed E-state index contributed by atoms with van der Waals surface area (Å²) in [4.78, 5) is 24.0. The average molecular weight is 803 g/mol. The van der Waals surface area contributed by atoms with E-state index in [2.05, 4.69) is 15.4 Å². The van der Waals surface area contributed by atoms with Gasteiger partial charge in [0, 0.05) is 32.9 Å². The standard InChI is InChI=1S/C19H17N4O3.Re.Rf/c24-11-23-6-5-12-1-2-13(7-15(12)10-23)16(9-19(25)26)14-3-4-17-18(8-14)21-22-20-17;;/h1-4,7-8,16H,5-6,9-10H2,(H,25,26)(H,20,21,22);;/q-1;;. The van der Waals surface area contributed by atoms with Gasteiger partial charge in [-0.3, -0.25) is 4.79 Å². The first kappa shape index (κ1) is 20.8. The predicted octanol–water partition coefficient (Wildman–Crippen LogP) is 1.99. The van der Waals surface area contributed by atoms with Crippen molar-refractivity contribution < 1.29 is 35.1 Å². The van der Waals surface area contributed by atoms with E-state index in [-0.39, 0.29) is 32.8 Å². The minimum absolute atomic E-state index is 0. The Hall–Kier alpha value is -3.56. The van der Waals surface area contributed by atoms with E-state index in [9.17, 15) is 14.7 Å². The van der Waals surface area contributed by atoms with Crippen LogP contribution in [0, 0.1) is 0 Å². The third-order valence-corrected chi connectivity index (χ3v) is 4.90. The zero-order valence-electron chi connectivity index (χ0n) is 15.1. The molecule has 1 unspecified atom stereocenters. The zero-order valence-corrected chi connectivity index (χ0v) is 24.2. The number of aromatic amines is 1. The van der Waals surface area contributed by atoms with Gasteiger partial charge in [0.25, 0.3) is 0 Å². The van der Waals surface area contributed by atoms with Crippen LogP contribution in [-0.2, 0) is 43.0 Å². The monoisotopic (exact) mass is 803 g/mol. The van der Waals surface area contributed by atoms with E-state index in [1.807, 2.05) is 42.8 Å². The molecule has 1 aliphatic heterocycles. The molecule has 28 heavy (non-hydrogen) atoms. The number of carbonyl (C=O) groups excluding carboxylic acids is 1. The first-order chi connectivity index (χ1) is 12.6. The van der Waals surface area contributed by atoms with Crippen molar-refractivity contribution >= 4 is 23.4 Å². The Kier molecular flexibility index (Phi) is 6.24. The van der Waals surface area contributed by atoms with Gasteiger partial charge in [0.1, 0.15) is 11.0 Å².